The Morgan fingerprint density at radius 1 is 0.531 bits per heavy atom. The maximum absolute atomic E-state index is 12.5. The number of aldehydes is 4. The van der Waals surface area contributed by atoms with E-state index >= 15 is 0 Å². The molecule has 0 amide bonds. The average Bonchev–Trinajstić information content (AvgIpc) is 2.58. The van der Waals surface area contributed by atoms with E-state index in [4.69, 9.17) is 0 Å². The molecule has 0 saturated heterocycles. The Morgan fingerprint density at radius 2 is 0.688 bits per heavy atom. The maximum Gasteiger partial charge on any atom is 2.00 e. The van der Waals surface area contributed by atoms with Crippen molar-refractivity contribution < 1.29 is 118 Å². The molecular formula is C16H20Cl2F2Ni2O10+4. The zero-order valence-electron chi connectivity index (χ0n) is 15.5. The first-order valence-electron chi connectivity index (χ1n) is 6.19. The molecule has 0 bridgehead atoms. The van der Waals surface area contributed by atoms with Crippen molar-refractivity contribution in [1.29, 1.82) is 0 Å². The fourth-order valence-electron chi connectivity index (χ4n) is 1.62. The number of rotatable bonds is 4. The van der Waals surface area contributed by atoms with Crippen LogP contribution >= 0.6 is 0 Å². The summed E-state index contributed by atoms with van der Waals surface area (Å²) in [6.45, 7) is 0. The van der Waals surface area contributed by atoms with E-state index in [1.807, 2.05) is 0 Å². The topological polar surface area (TPSA) is 246 Å². The predicted octanol–water partition coefficient (Wildman–Crippen LogP) is -8.64. The van der Waals surface area contributed by atoms with Crippen molar-refractivity contribution in [2.75, 3.05) is 0 Å². The Hall–Kier alpha value is -2.01. The van der Waals surface area contributed by atoms with E-state index in [0.717, 1.165) is 24.3 Å². The van der Waals surface area contributed by atoms with E-state index in [9.17, 15) is 38.2 Å². The van der Waals surface area contributed by atoms with Gasteiger partial charge in [0.05, 0.1) is 0 Å². The van der Waals surface area contributed by atoms with Crippen molar-refractivity contribution in [3.05, 3.63) is 58.2 Å². The minimum absolute atomic E-state index is 0. The van der Waals surface area contributed by atoms with Gasteiger partial charge in [0, 0.05) is 22.3 Å². The van der Waals surface area contributed by atoms with E-state index in [2.05, 4.69) is 0 Å². The summed E-state index contributed by atoms with van der Waals surface area (Å²) < 4.78 is 25.0. The zero-order chi connectivity index (χ0) is 18.3. The van der Waals surface area contributed by atoms with Crippen LogP contribution in [-0.2, 0) is 54.9 Å². The van der Waals surface area contributed by atoms with E-state index < -0.39 is 23.1 Å². The molecule has 0 unspecified atom stereocenters. The van der Waals surface area contributed by atoms with E-state index in [0.29, 0.717) is 0 Å². The Labute approximate surface area is 212 Å². The summed E-state index contributed by atoms with van der Waals surface area (Å²) in [5, 5.41) is 21.9. The Bertz CT molecular complexity index is 704. The van der Waals surface area contributed by atoms with Gasteiger partial charge in [0.15, 0.2) is 0 Å². The largest absolute Gasteiger partial charge is 2.00 e. The molecule has 0 aliphatic heterocycles. The molecule has 0 saturated carbocycles. The smallest absolute Gasteiger partial charge is 1.00 e. The first-order chi connectivity index (χ1) is 11.4. The van der Waals surface area contributed by atoms with Crippen molar-refractivity contribution in [2.24, 2.45) is 0 Å². The Kier molecular flexibility index (Phi) is 41.1. The Morgan fingerprint density at radius 3 is 0.812 bits per heavy atom. The molecule has 2 rings (SSSR count). The van der Waals surface area contributed by atoms with Crippen LogP contribution in [0.4, 0.5) is 8.78 Å². The monoisotopic (exact) mass is 596 g/mol. The summed E-state index contributed by atoms with van der Waals surface area (Å²) in [6, 6.07) is 3.18. The predicted molar refractivity (Wildman–Crippen MR) is 92.7 cm³/mol. The van der Waals surface area contributed by atoms with Gasteiger partial charge in [-0.25, -0.2) is 8.78 Å². The van der Waals surface area contributed by atoms with Gasteiger partial charge >= 0.3 is 33.0 Å². The SMILES string of the molecule is O=Cc1cc(F)cc(C=O)c1[O-].O=Cc1cc(F)cc(C=O)c1[O-].[Cl-].[Cl-].[Ni+2].[Ni+2].[OH3+].[OH3+].[OH3+].[OH3+]. The molecule has 0 spiro atoms. The van der Waals surface area contributed by atoms with Crippen LogP contribution in [0.1, 0.15) is 41.4 Å². The molecule has 0 aliphatic carbocycles. The summed E-state index contributed by atoms with van der Waals surface area (Å²) in [4.78, 5) is 40.7. The van der Waals surface area contributed by atoms with Gasteiger partial charge < -0.3 is 56.9 Å². The van der Waals surface area contributed by atoms with Crippen molar-refractivity contribution in [1.82, 2.24) is 0 Å². The summed E-state index contributed by atoms with van der Waals surface area (Å²) in [6.07, 6.45) is 0.883. The van der Waals surface area contributed by atoms with Crippen LogP contribution < -0.4 is 35.0 Å². The number of hydrogen-bond donors (Lipinski definition) is 0. The van der Waals surface area contributed by atoms with Crippen LogP contribution in [0.5, 0.6) is 11.5 Å². The first kappa shape index (κ1) is 52.1. The van der Waals surface area contributed by atoms with Crippen LogP contribution in [0, 0.1) is 11.6 Å². The summed E-state index contributed by atoms with van der Waals surface area (Å²) in [5.74, 6) is -3.00. The number of benzene rings is 2. The van der Waals surface area contributed by atoms with Gasteiger partial charge in [0.2, 0.25) is 0 Å². The van der Waals surface area contributed by atoms with Crippen molar-refractivity contribution in [3.8, 4) is 11.5 Å². The average molecular weight is 599 g/mol. The second-order valence-corrected chi connectivity index (χ2v) is 4.30. The van der Waals surface area contributed by atoms with Gasteiger partial charge in [-0.15, -0.1) is 0 Å². The van der Waals surface area contributed by atoms with Gasteiger partial charge in [-0.1, -0.05) is 11.5 Å². The molecule has 12 N–H and O–H groups in total. The molecule has 10 nitrogen and oxygen atoms in total. The van der Waals surface area contributed by atoms with Gasteiger partial charge in [-0.3, -0.25) is 19.2 Å². The van der Waals surface area contributed by atoms with Crippen LogP contribution in [0.15, 0.2) is 24.3 Å². The second-order valence-electron chi connectivity index (χ2n) is 4.30. The van der Waals surface area contributed by atoms with Crippen LogP contribution in [0.25, 0.3) is 0 Å². The minimum atomic E-state index is -0.765. The zero-order valence-corrected chi connectivity index (χ0v) is 19.0. The number of hydrogen-bond acceptors (Lipinski definition) is 6. The first-order valence-corrected chi connectivity index (χ1v) is 6.19. The molecule has 0 fully saturated rings. The van der Waals surface area contributed by atoms with E-state index in [1.54, 1.807) is 0 Å². The summed E-state index contributed by atoms with van der Waals surface area (Å²) >= 11 is 0. The number of carbonyl (C=O) groups is 4. The summed E-state index contributed by atoms with van der Waals surface area (Å²) in [7, 11) is 0. The number of carbonyl (C=O) groups excluding carboxylic acids is 4. The third-order valence-corrected chi connectivity index (χ3v) is 2.73. The van der Waals surface area contributed by atoms with Crippen LogP contribution in [0.2, 0.25) is 0 Å². The third-order valence-electron chi connectivity index (χ3n) is 2.73. The number of halogens is 4. The molecule has 2 aromatic rings. The molecule has 0 radical (unpaired) electrons. The third kappa shape index (κ3) is 14.1. The van der Waals surface area contributed by atoms with Crippen molar-refractivity contribution in [2.45, 2.75) is 0 Å². The van der Waals surface area contributed by atoms with Crippen molar-refractivity contribution in [3.63, 3.8) is 0 Å². The molecular weight excluding hydrogens is 578 g/mol. The van der Waals surface area contributed by atoms with E-state index in [-0.39, 0.29) is 127 Å². The van der Waals surface area contributed by atoms with Gasteiger partial charge in [0.1, 0.15) is 36.8 Å². The molecule has 0 aromatic heterocycles. The minimum Gasteiger partial charge on any atom is -1.00 e. The van der Waals surface area contributed by atoms with Gasteiger partial charge in [-0.05, 0) is 24.3 Å². The van der Waals surface area contributed by atoms with Crippen molar-refractivity contribution >= 4 is 25.1 Å². The fraction of sp³-hybridized carbons (Fsp3) is 0. The molecule has 16 heteroatoms. The fourth-order valence-corrected chi connectivity index (χ4v) is 1.62. The van der Waals surface area contributed by atoms with Gasteiger partial charge in [0.25, 0.3) is 0 Å². The van der Waals surface area contributed by atoms with E-state index in [1.165, 1.54) is 0 Å². The molecule has 32 heavy (non-hydrogen) atoms. The second kappa shape index (κ2) is 25.2. The molecule has 0 aliphatic rings. The van der Waals surface area contributed by atoms with Gasteiger partial charge in [-0.2, -0.15) is 0 Å². The molecule has 0 heterocycles. The normalized spacial score (nSPS) is 7.06. The van der Waals surface area contributed by atoms with Crippen LogP contribution in [0.3, 0.4) is 0 Å². The molecule has 0 atom stereocenters. The van der Waals surface area contributed by atoms with Crippen LogP contribution in [-0.4, -0.2) is 25.1 Å². The standard InChI is InChI=1S/2C8H5FO3.2ClH.2Ni.4H2O/c2*9-7-1-5(3-10)8(12)6(2-7)4-11;;;;;;;;/h2*1-4,12H;2*1H;;;4*1H2/q;;;;2*+2;;;;. The molecule has 188 valence electrons. The maximum atomic E-state index is 12.5. The summed E-state index contributed by atoms with van der Waals surface area (Å²) in [5.41, 5.74) is -1.34. The molecule has 2 aromatic carbocycles. The Balaban J connectivity index is -0.0000000480. The quantitative estimate of drug-likeness (QED) is 0.188.